The monoisotopic (exact) mass is 401 g/mol. The summed E-state index contributed by atoms with van der Waals surface area (Å²) in [6.07, 6.45) is 1.82. The van der Waals surface area contributed by atoms with Crippen LogP contribution in [0, 0.1) is 18.3 Å². The molecule has 3 aromatic rings. The Morgan fingerprint density at radius 2 is 1.80 bits per heavy atom. The number of nitrogens with one attached hydrogen (secondary N) is 1. The molecule has 1 saturated heterocycles. The lowest BCUT2D eigenvalue weighted by Gasteiger charge is -2.36. The largest absolute Gasteiger partial charge is 0.398 e. The second kappa shape index (κ2) is 8.60. The van der Waals surface area contributed by atoms with Crippen LogP contribution in [0.5, 0.6) is 0 Å². The summed E-state index contributed by atoms with van der Waals surface area (Å²) in [4.78, 5) is 20.2. The van der Waals surface area contributed by atoms with E-state index in [1.165, 1.54) is 5.69 Å². The van der Waals surface area contributed by atoms with Crippen LogP contribution in [0.2, 0.25) is 0 Å². The quantitative estimate of drug-likeness (QED) is 0.642. The van der Waals surface area contributed by atoms with Gasteiger partial charge in [0.15, 0.2) is 0 Å². The molecular formula is C24H27N5O. The molecule has 2 heterocycles. The topological polar surface area (TPSA) is 89.2 Å². The molecule has 1 aliphatic heterocycles. The number of aryl methyl sites for hydroxylation is 2. The molecule has 0 atom stereocenters. The summed E-state index contributed by atoms with van der Waals surface area (Å²) in [5.41, 5.74) is 10.6. The molecule has 30 heavy (non-hydrogen) atoms. The molecule has 3 N–H and O–H groups in total. The molecule has 6 nitrogen and oxygen atoms in total. The maximum Gasteiger partial charge on any atom is 0.256 e. The second-order valence-corrected chi connectivity index (χ2v) is 7.97. The number of aromatic amines is 1. The third-order valence-electron chi connectivity index (χ3n) is 6.00. The van der Waals surface area contributed by atoms with Crippen molar-refractivity contribution in [2.45, 2.75) is 19.8 Å². The van der Waals surface area contributed by atoms with Gasteiger partial charge in [-0.2, -0.15) is 5.26 Å². The van der Waals surface area contributed by atoms with Gasteiger partial charge in [0.05, 0.1) is 11.6 Å². The molecule has 6 heteroatoms. The van der Waals surface area contributed by atoms with Crippen molar-refractivity contribution < 1.29 is 0 Å². The maximum absolute atomic E-state index is 12.4. The van der Waals surface area contributed by atoms with Gasteiger partial charge in [0.25, 0.3) is 5.56 Å². The van der Waals surface area contributed by atoms with Gasteiger partial charge in [0.1, 0.15) is 0 Å². The van der Waals surface area contributed by atoms with Crippen LogP contribution < -0.4 is 16.2 Å². The van der Waals surface area contributed by atoms with E-state index in [2.05, 4.69) is 20.9 Å². The average Bonchev–Trinajstić information content (AvgIpc) is 2.77. The van der Waals surface area contributed by atoms with Crippen molar-refractivity contribution in [3.63, 3.8) is 0 Å². The summed E-state index contributed by atoms with van der Waals surface area (Å²) in [6.45, 7) is 6.96. The summed E-state index contributed by atoms with van der Waals surface area (Å²) in [5.74, 6) is 0. The molecule has 2 aromatic carbocycles. The number of benzene rings is 2. The highest BCUT2D eigenvalue weighted by Gasteiger charge is 2.17. The van der Waals surface area contributed by atoms with Crippen LogP contribution in [0.3, 0.4) is 0 Å². The predicted molar refractivity (Wildman–Crippen MR) is 122 cm³/mol. The number of aromatic nitrogens is 1. The van der Waals surface area contributed by atoms with E-state index in [1.807, 2.05) is 49.4 Å². The van der Waals surface area contributed by atoms with Gasteiger partial charge in [0, 0.05) is 54.0 Å². The van der Waals surface area contributed by atoms with E-state index >= 15 is 0 Å². The molecule has 0 bridgehead atoms. The number of hydrogen-bond donors (Lipinski definition) is 2. The van der Waals surface area contributed by atoms with Crippen molar-refractivity contribution in [2.75, 3.05) is 43.4 Å². The maximum atomic E-state index is 12.4. The fraction of sp³-hybridized carbons (Fsp3) is 0.333. The zero-order chi connectivity index (χ0) is 21.1. The van der Waals surface area contributed by atoms with Crippen molar-refractivity contribution >= 4 is 22.1 Å². The van der Waals surface area contributed by atoms with Crippen molar-refractivity contribution in [2.24, 2.45) is 0 Å². The van der Waals surface area contributed by atoms with Crippen molar-refractivity contribution in [1.82, 2.24) is 9.88 Å². The first-order valence-electron chi connectivity index (χ1n) is 10.4. The number of piperazine rings is 1. The van der Waals surface area contributed by atoms with E-state index in [-0.39, 0.29) is 5.56 Å². The minimum Gasteiger partial charge on any atom is -0.398 e. The highest BCUT2D eigenvalue weighted by atomic mass is 16.1. The average molecular weight is 402 g/mol. The lowest BCUT2D eigenvalue weighted by atomic mass is 10.0. The highest BCUT2D eigenvalue weighted by Crippen LogP contribution is 2.23. The molecular weight excluding hydrogens is 374 g/mol. The molecule has 154 valence electrons. The highest BCUT2D eigenvalue weighted by molar-refractivity contribution is 5.93. The van der Waals surface area contributed by atoms with E-state index in [0.29, 0.717) is 16.6 Å². The molecule has 0 radical (unpaired) electrons. The van der Waals surface area contributed by atoms with Gasteiger partial charge < -0.3 is 15.6 Å². The van der Waals surface area contributed by atoms with Gasteiger partial charge in [-0.05, 0) is 68.3 Å². The Bertz CT molecular complexity index is 1140. The van der Waals surface area contributed by atoms with E-state index in [9.17, 15) is 4.79 Å². The van der Waals surface area contributed by atoms with Crippen LogP contribution >= 0.6 is 0 Å². The number of rotatable bonds is 5. The Morgan fingerprint density at radius 3 is 2.50 bits per heavy atom. The molecule has 4 rings (SSSR count). The molecule has 0 saturated carbocycles. The zero-order valence-corrected chi connectivity index (χ0v) is 17.3. The van der Waals surface area contributed by atoms with E-state index in [1.54, 1.807) is 0 Å². The van der Waals surface area contributed by atoms with Gasteiger partial charge >= 0.3 is 0 Å². The van der Waals surface area contributed by atoms with Crippen LogP contribution in [0.1, 0.15) is 23.2 Å². The first kappa shape index (κ1) is 20.0. The third kappa shape index (κ3) is 4.17. The summed E-state index contributed by atoms with van der Waals surface area (Å²) in [6, 6.07) is 15.7. The smallest absolute Gasteiger partial charge is 0.256 e. The molecule has 1 aromatic heterocycles. The number of nitrogens with zero attached hydrogens (tertiary/aromatic N) is 3. The standard InChI is InChI=1S/C24H27N5O/c1-17-4-9-21-22(23(17)26)15-19(27-24(21)30)3-2-10-28-11-13-29(14-12-28)20-7-5-18(16-25)6-8-20/h4-9,15H,2-3,10-14,26H2,1H3,(H,27,30). The van der Waals surface area contributed by atoms with E-state index in [0.717, 1.165) is 62.2 Å². The SMILES string of the molecule is Cc1ccc2c(=O)[nH]c(CCCN3CCN(c4ccc(C#N)cc4)CC3)cc2c1N. The Balaban J connectivity index is 1.32. The number of nitrogens with two attached hydrogens (primary N) is 1. The van der Waals surface area contributed by atoms with Gasteiger partial charge in [-0.25, -0.2) is 0 Å². The molecule has 1 aliphatic rings. The second-order valence-electron chi connectivity index (χ2n) is 7.97. The minimum absolute atomic E-state index is 0.0646. The number of nitrogen functional groups attached to an aromatic ring is 1. The Labute approximate surface area is 176 Å². The third-order valence-corrected chi connectivity index (χ3v) is 6.00. The normalized spacial score (nSPS) is 14.7. The van der Waals surface area contributed by atoms with Crippen LogP contribution in [0.4, 0.5) is 11.4 Å². The van der Waals surface area contributed by atoms with E-state index in [4.69, 9.17) is 11.0 Å². The van der Waals surface area contributed by atoms with Crippen LogP contribution in [0.15, 0.2) is 47.3 Å². The fourth-order valence-corrected chi connectivity index (χ4v) is 4.13. The molecule has 0 unspecified atom stereocenters. The lowest BCUT2D eigenvalue weighted by molar-refractivity contribution is 0.255. The van der Waals surface area contributed by atoms with Crippen LogP contribution in [-0.4, -0.2) is 42.6 Å². The van der Waals surface area contributed by atoms with Gasteiger partial charge in [-0.15, -0.1) is 0 Å². The summed E-state index contributed by atoms with van der Waals surface area (Å²) in [7, 11) is 0. The lowest BCUT2D eigenvalue weighted by Crippen LogP contribution is -2.46. The summed E-state index contributed by atoms with van der Waals surface area (Å²) < 4.78 is 0. The van der Waals surface area contributed by atoms with E-state index < -0.39 is 0 Å². The summed E-state index contributed by atoms with van der Waals surface area (Å²) in [5, 5.41) is 10.4. The fourth-order valence-electron chi connectivity index (χ4n) is 4.13. The molecule has 0 spiro atoms. The van der Waals surface area contributed by atoms with Crippen LogP contribution in [0.25, 0.3) is 10.8 Å². The zero-order valence-electron chi connectivity index (χ0n) is 17.3. The molecule has 0 amide bonds. The Morgan fingerprint density at radius 1 is 1.07 bits per heavy atom. The molecule has 0 aliphatic carbocycles. The Hall–Kier alpha value is -3.30. The number of nitriles is 1. The van der Waals surface area contributed by atoms with Gasteiger partial charge in [0.2, 0.25) is 0 Å². The van der Waals surface area contributed by atoms with Crippen molar-refractivity contribution in [1.29, 1.82) is 5.26 Å². The van der Waals surface area contributed by atoms with Crippen molar-refractivity contribution in [3.8, 4) is 6.07 Å². The van der Waals surface area contributed by atoms with Gasteiger partial charge in [-0.1, -0.05) is 6.07 Å². The first-order chi connectivity index (χ1) is 14.5. The number of pyridine rings is 1. The van der Waals surface area contributed by atoms with Gasteiger partial charge in [-0.3, -0.25) is 9.69 Å². The van der Waals surface area contributed by atoms with Crippen molar-refractivity contribution in [3.05, 3.63) is 69.6 Å². The Kier molecular flexibility index (Phi) is 5.73. The molecule has 1 fully saturated rings. The number of fused-ring (bicyclic) bond motifs is 1. The number of H-pyrrole nitrogens is 1. The van der Waals surface area contributed by atoms with Crippen LogP contribution in [-0.2, 0) is 6.42 Å². The minimum atomic E-state index is -0.0646. The number of hydrogen-bond acceptors (Lipinski definition) is 5. The number of anilines is 2. The predicted octanol–water partition coefficient (Wildman–Crippen LogP) is 3.05. The summed E-state index contributed by atoms with van der Waals surface area (Å²) >= 11 is 0. The first-order valence-corrected chi connectivity index (χ1v) is 10.4.